The van der Waals surface area contributed by atoms with Crippen molar-refractivity contribution in [1.29, 1.82) is 0 Å². The molecule has 1 saturated heterocycles. The first-order chi connectivity index (χ1) is 13.2. The minimum atomic E-state index is -1.20. The number of urea groups is 1. The Bertz CT molecular complexity index is 966. The SMILES string of the molecule is COC(=O)c1c(NC(=O)CN2C(=O)NC(C)(c3cccs3)C2=O)sc(C)c1C. The summed E-state index contributed by atoms with van der Waals surface area (Å²) in [5.74, 6) is -1.63. The Morgan fingerprint density at radius 1 is 1.32 bits per heavy atom. The van der Waals surface area contributed by atoms with Crippen molar-refractivity contribution in [3.8, 4) is 0 Å². The molecule has 0 aliphatic carbocycles. The van der Waals surface area contributed by atoms with Crippen molar-refractivity contribution in [3.05, 3.63) is 38.4 Å². The van der Waals surface area contributed by atoms with E-state index in [1.165, 1.54) is 29.8 Å². The second-order valence-electron chi connectivity index (χ2n) is 6.45. The quantitative estimate of drug-likeness (QED) is 0.570. The van der Waals surface area contributed by atoms with E-state index >= 15 is 0 Å². The molecule has 0 bridgehead atoms. The summed E-state index contributed by atoms with van der Waals surface area (Å²) >= 11 is 2.58. The average Bonchev–Trinajstić information content (AvgIpc) is 3.32. The van der Waals surface area contributed by atoms with Gasteiger partial charge in [0.1, 0.15) is 11.5 Å². The van der Waals surface area contributed by atoms with Crippen LogP contribution in [0.1, 0.15) is 32.6 Å². The van der Waals surface area contributed by atoms with E-state index in [4.69, 9.17) is 4.74 Å². The van der Waals surface area contributed by atoms with Gasteiger partial charge < -0.3 is 15.4 Å². The van der Waals surface area contributed by atoms with Crippen LogP contribution >= 0.6 is 22.7 Å². The van der Waals surface area contributed by atoms with Crippen molar-refractivity contribution >= 4 is 51.5 Å². The van der Waals surface area contributed by atoms with Gasteiger partial charge in [0.05, 0.1) is 12.7 Å². The minimum Gasteiger partial charge on any atom is -0.465 e. The van der Waals surface area contributed by atoms with Gasteiger partial charge in [-0.05, 0) is 37.8 Å². The molecule has 8 nitrogen and oxygen atoms in total. The summed E-state index contributed by atoms with van der Waals surface area (Å²) in [5.41, 5.74) is -0.204. The summed E-state index contributed by atoms with van der Waals surface area (Å²) in [4.78, 5) is 52.1. The number of carbonyl (C=O) groups is 4. The van der Waals surface area contributed by atoms with E-state index in [1.54, 1.807) is 26.0 Å². The van der Waals surface area contributed by atoms with Gasteiger partial charge in [0.2, 0.25) is 5.91 Å². The van der Waals surface area contributed by atoms with Gasteiger partial charge in [-0.3, -0.25) is 14.5 Å². The van der Waals surface area contributed by atoms with Gasteiger partial charge in [-0.15, -0.1) is 22.7 Å². The molecule has 1 aliphatic heterocycles. The lowest BCUT2D eigenvalue weighted by Crippen LogP contribution is -2.41. The van der Waals surface area contributed by atoms with Crippen LogP contribution in [0, 0.1) is 13.8 Å². The summed E-state index contributed by atoms with van der Waals surface area (Å²) < 4.78 is 4.78. The van der Waals surface area contributed by atoms with Crippen molar-refractivity contribution in [2.75, 3.05) is 19.0 Å². The number of amides is 4. The lowest BCUT2D eigenvalue weighted by Gasteiger charge is -2.19. The molecule has 4 amide bonds. The lowest BCUT2D eigenvalue weighted by atomic mass is 10.0. The van der Waals surface area contributed by atoms with Crippen molar-refractivity contribution < 1.29 is 23.9 Å². The fourth-order valence-corrected chi connectivity index (χ4v) is 4.84. The van der Waals surface area contributed by atoms with Crippen LogP contribution in [-0.4, -0.2) is 42.4 Å². The number of imide groups is 1. The highest BCUT2D eigenvalue weighted by atomic mass is 32.1. The predicted octanol–water partition coefficient (Wildman–Crippen LogP) is 2.62. The van der Waals surface area contributed by atoms with Crippen molar-refractivity contribution in [3.63, 3.8) is 0 Å². The number of thiophene rings is 2. The van der Waals surface area contributed by atoms with Crippen LogP contribution in [-0.2, 0) is 19.9 Å². The van der Waals surface area contributed by atoms with Crippen LogP contribution in [0.2, 0.25) is 0 Å². The maximum Gasteiger partial charge on any atom is 0.341 e. The first-order valence-electron chi connectivity index (χ1n) is 8.35. The Labute approximate surface area is 169 Å². The fourth-order valence-electron chi connectivity index (χ4n) is 2.94. The van der Waals surface area contributed by atoms with Gasteiger partial charge in [-0.25, -0.2) is 9.59 Å². The van der Waals surface area contributed by atoms with Gasteiger partial charge in [-0.1, -0.05) is 6.07 Å². The Hall–Kier alpha value is -2.72. The first-order valence-corrected chi connectivity index (χ1v) is 10.0. The van der Waals surface area contributed by atoms with Crippen molar-refractivity contribution in [2.24, 2.45) is 0 Å². The molecule has 0 spiro atoms. The zero-order valence-electron chi connectivity index (χ0n) is 15.7. The monoisotopic (exact) mass is 421 g/mol. The first kappa shape index (κ1) is 20.0. The Balaban J connectivity index is 1.78. The molecule has 0 radical (unpaired) electrons. The number of nitrogens with one attached hydrogen (secondary N) is 2. The lowest BCUT2D eigenvalue weighted by molar-refractivity contribution is -0.133. The average molecular weight is 422 g/mol. The third kappa shape index (κ3) is 3.29. The van der Waals surface area contributed by atoms with Crippen molar-refractivity contribution in [2.45, 2.75) is 26.3 Å². The zero-order chi connectivity index (χ0) is 20.6. The zero-order valence-corrected chi connectivity index (χ0v) is 17.4. The van der Waals surface area contributed by atoms with Gasteiger partial charge >= 0.3 is 12.0 Å². The van der Waals surface area contributed by atoms with E-state index in [0.717, 1.165) is 9.78 Å². The normalized spacial score (nSPS) is 18.9. The maximum absolute atomic E-state index is 12.8. The highest BCUT2D eigenvalue weighted by Gasteiger charge is 2.50. The van der Waals surface area contributed by atoms with Crippen LogP contribution in [0.4, 0.5) is 9.80 Å². The van der Waals surface area contributed by atoms with Crippen LogP contribution < -0.4 is 10.6 Å². The summed E-state index contributed by atoms with van der Waals surface area (Å²) in [7, 11) is 1.26. The van der Waals surface area contributed by atoms with Crippen LogP contribution in [0.25, 0.3) is 0 Å². The number of aryl methyl sites for hydroxylation is 1. The van der Waals surface area contributed by atoms with E-state index in [9.17, 15) is 19.2 Å². The third-order valence-electron chi connectivity index (χ3n) is 4.62. The number of rotatable bonds is 5. The molecule has 2 N–H and O–H groups in total. The molecule has 0 aromatic carbocycles. The van der Waals surface area contributed by atoms with Gasteiger partial charge in [-0.2, -0.15) is 0 Å². The van der Waals surface area contributed by atoms with E-state index in [1.807, 2.05) is 12.3 Å². The van der Waals surface area contributed by atoms with Gasteiger partial charge in [0.15, 0.2) is 5.54 Å². The molecule has 2 aromatic heterocycles. The molecule has 1 atom stereocenters. The van der Waals surface area contributed by atoms with E-state index in [-0.39, 0.29) is 5.56 Å². The molecule has 28 heavy (non-hydrogen) atoms. The summed E-state index contributed by atoms with van der Waals surface area (Å²) in [6.45, 7) is 4.74. The van der Waals surface area contributed by atoms with E-state index in [0.29, 0.717) is 15.4 Å². The number of ether oxygens (including phenoxy) is 1. The van der Waals surface area contributed by atoms with Gasteiger partial charge in [0.25, 0.3) is 5.91 Å². The molecule has 1 fully saturated rings. The van der Waals surface area contributed by atoms with Crippen LogP contribution in [0.5, 0.6) is 0 Å². The second kappa shape index (κ2) is 7.36. The fraction of sp³-hybridized carbons (Fsp3) is 0.333. The Morgan fingerprint density at radius 2 is 2.04 bits per heavy atom. The summed E-state index contributed by atoms with van der Waals surface area (Å²) in [6.07, 6.45) is 0. The number of hydrogen-bond acceptors (Lipinski definition) is 7. The van der Waals surface area contributed by atoms with Crippen molar-refractivity contribution in [1.82, 2.24) is 10.2 Å². The molecular weight excluding hydrogens is 402 g/mol. The number of nitrogens with zero attached hydrogens (tertiary/aromatic N) is 1. The largest absolute Gasteiger partial charge is 0.465 e. The van der Waals surface area contributed by atoms with Crippen LogP contribution in [0.15, 0.2) is 17.5 Å². The smallest absolute Gasteiger partial charge is 0.341 e. The summed E-state index contributed by atoms with van der Waals surface area (Å²) in [5, 5.41) is 7.42. The number of carbonyl (C=O) groups excluding carboxylic acids is 4. The molecule has 3 rings (SSSR count). The molecule has 1 aliphatic rings. The highest BCUT2D eigenvalue weighted by Crippen LogP contribution is 2.34. The number of methoxy groups -OCH3 is 1. The topological polar surface area (TPSA) is 105 Å². The predicted molar refractivity (Wildman–Crippen MR) is 106 cm³/mol. The number of anilines is 1. The Kier molecular flexibility index (Phi) is 5.26. The maximum atomic E-state index is 12.8. The van der Waals surface area contributed by atoms with Crippen LogP contribution in [0.3, 0.4) is 0 Å². The molecule has 1 unspecified atom stereocenters. The highest BCUT2D eigenvalue weighted by molar-refractivity contribution is 7.16. The Morgan fingerprint density at radius 3 is 2.64 bits per heavy atom. The number of hydrogen-bond donors (Lipinski definition) is 2. The molecule has 148 valence electrons. The molecule has 0 saturated carbocycles. The molecular formula is C18H19N3O5S2. The number of esters is 1. The standard InChI is InChI=1S/C18H19N3O5S2/c1-9-10(2)28-14(13(9)15(23)26-4)19-12(22)8-21-16(24)18(3,20-17(21)25)11-6-5-7-27-11/h5-7H,8H2,1-4H3,(H,19,22)(H,20,25). The van der Waals surface area contributed by atoms with Gasteiger partial charge in [0, 0.05) is 9.75 Å². The molecule has 10 heteroatoms. The third-order valence-corrected chi connectivity index (χ3v) is 6.83. The van der Waals surface area contributed by atoms with E-state index in [2.05, 4.69) is 10.6 Å². The summed E-state index contributed by atoms with van der Waals surface area (Å²) in [6, 6.07) is 2.91. The second-order valence-corrected chi connectivity index (χ2v) is 8.62. The minimum absolute atomic E-state index is 0.277. The molecule has 3 heterocycles. The molecule has 2 aromatic rings. The van der Waals surface area contributed by atoms with E-state index < -0.39 is 35.9 Å².